The Kier molecular flexibility index (Phi) is 7.28. The number of hydrogen-bond acceptors (Lipinski definition) is 2. The van der Waals surface area contributed by atoms with Crippen LogP contribution in [-0.4, -0.2) is 5.96 Å². The van der Waals surface area contributed by atoms with Crippen molar-refractivity contribution >= 4 is 35.6 Å². The van der Waals surface area contributed by atoms with E-state index in [-0.39, 0.29) is 24.0 Å². The zero-order chi connectivity index (χ0) is 14.4. The van der Waals surface area contributed by atoms with E-state index in [4.69, 9.17) is 10.2 Å². The number of benzene rings is 1. The first-order valence-electron chi connectivity index (χ1n) is 6.88. The van der Waals surface area contributed by atoms with E-state index in [0.717, 1.165) is 17.9 Å². The van der Waals surface area contributed by atoms with Gasteiger partial charge in [0.25, 0.3) is 0 Å². The number of rotatable bonds is 5. The predicted octanol–water partition coefficient (Wildman–Crippen LogP) is 4.34. The van der Waals surface area contributed by atoms with Gasteiger partial charge in [0.1, 0.15) is 12.3 Å². The van der Waals surface area contributed by atoms with Gasteiger partial charge in [0.15, 0.2) is 5.96 Å². The molecule has 0 spiro atoms. The Labute approximate surface area is 142 Å². The van der Waals surface area contributed by atoms with Crippen molar-refractivity contribution < 1.29 is 4.42 Å². The smallest absolute Gasteiger partial charge is 0.193 e. The Morgan fingerprint density at radius 2 is 2.00 bits per heavy atom. The Balaban J connectivity index is 0.00000220. The van der Waals surface area contributed by atoms with Gasteiger partial charge in [-0.3, -0.25) is 0 Å². The van der Waals surface area contributed by atoms with Crippen molar-refractivity contribution in [2.75, 3.05) is 5.32 Å². The van der Waals surface area contributed by atoms with Crippen LogP contribution in [0.4, 0.5) is 5.69 Å². The summed E-state index contributed by atoms with van der Waals surface area (Å²) < 4.78 is 5.20. The van der Waals surface area contributed by atoms with E-state index < -0.39 is 0 Å². The molecule has 3 N–H and O–H groups in total. The highest BCUT2D eigenvalue weighted by Crippen LogP contribution is 2.20. The number of furan rings is 1. The maximum Gasteiger partial charge on any atom is 0.193 e. The van der Waals surface area contributed by atoms with Crippen LogP contribution in [-0.2, 0) is 6.54 Å². The van der Waals surface area contributed by atoms with Gasteiger partial charge in [-0.2, -0.15) is 0 Å². The summed E-state index contributed by atoms with van der Waals surface area (Å²) in [7, 11) is 0. The molecule has 0 fully saturated rings. The summed E-state index contributed by atoms with van der Waals surface area (Å²) in [6.07, 6.45) is 2.77. The molecular weight excluding hydrogens is 377 g/mol. The predicted molar refractivity (Wildman–Crippen MR) is 98.2 cm³/mol. The molecule has 21 heavy (non-hydrogen) atoms. The molecule has 1 aromatic carbocycles. The molecule has 2 rings (SSSR count). The summed E-state index contributed by atoms with van der Waals surface area (Å²) in [6, 6.07) is 12.0. The van der Waals surface area contributed by atoms with Crippen molar-refractivity contribution in [2.24, 2.45) is 10.7 Å². The number of nitrogens with two attached hydrogens (primary N) is 1. The lowest BCUT2D eigenvalue weighted by Gasteiger charge is -2.10. The van der Waals surface area contributed by atoms with Gasteiger partial charge >= 0.3 is 0 Å². The summed E-state index contributed by atoms with van der Waals surface area (Å²) in [4.78, 5) is 4.23. The molecule has 0 aliphatic heterocycles. The van der Waals surface area contributed by atoms with E-state index in [1.54, 1.807) is 6.26 Å². The molecule has 0 aliphatic rings. The van der Waals surface area contributed by atoms with Crippen LogP contribution in [0.1, 0.15) is 37.5 Å². The fourth-order valence-corrected chi connectivity index (χ4v) is 1.88. The molecule has 0 aliphatic carbocycles. The average Bonchev–Trinajstić information content (AvgIpc) is 2.98. The Bertz CT molecular complexity index is 549. The molecule has 5 heteroatoms. The van der Waals surface area contributed by atoms with E-state index in [1.165, 1.54) is 5.56 Å². The van der Waals surface area contributed by atoms with Gasteiger partial charge in [0.2, 0.25) is 0 Å². The lowest BCUT2D eigenvalue weighted by molar-refractivity contribution is 0.513. The maximum absolute atomic E-state index is 5.84. The van der Waals surface area contributed by atoms with Crippen LogP contribution in [0.15, 0.2) is 52.1 Å². The summed E-state index contributed by atoms with van der Waals surface area (Å²) in [5.74, 6) is 1.76. The lowest BCUT2D eigenvalue weighted by atomic mass is 9.99. The third-order valence-electron chi connectivity index (χ3n) is 3.35. The highest BCUT2D eigenvalue weighted by Gasteiger charge is 2.02. The summed E-state index contributed by atoms with van der Waals surface area (Å²) in [5, 5.41) is 3.07. The normalized spacial score (nSPS) is 12.6. The number of anilines is 1. The van der Waals surface area contributed by atoms with Gasteiger partial charge in [-0.1, -0.05) is 26.0 Å². The number of nitrogens with zero attached hydrogens (tertiary/aromatic N) is 1. The molecule has 0 amide bonds. The van der Waals surface area contributed by atoms with E-state index in [2.05, 4.69) is 36.3 Å². The van der Waals surface area contributed by atoms with E-state index in [9.17, 15) is 0 Å². The van der Waals surface area contributed by atoms with Crippen LogP contribution in [0.25, 0.3) is 0 Å². The molecule has 1 aromatic heterocycles. The quantitative estimate of drug-likeness (QED) is 0.447. The molecule has 0 saturated carbocycles. The number of nitrogens with one attached hydrogen (secondary N) is 1. The van der Waals surface area contributed by atoms with Crippen molar-refractivity contribution in [1.82, 2.24) is 0 Å². The van der Waals surface area contributed by atoms with Crippen molar-refractivity contribution in [2.45, 2.75) is 32.7 Å². The lowest BCUT2D eigenvalue weighted by Crippen LogP contribution is -2.22. The van der Waals surface area contributed by atoms with Crippen molar-refractivity contribution in [3.05, 3.63) is 54.0 Å². The minimum absolute atomic E-state index is 0. The minimum Gasteiger partial charge on any atom is -0.467 e. The van der Waals surface area contributed by atoms with Crippen LogP contribution in [0, 0.1) is 0 Å². The molecule has 0 radical (unpaired) electrons. The second-order valence-electron chi connectivity index (χ2n) is 4.84. The molecule has 0 saturated heterocycles. The first kappa shape index (κ1) is 17.6. The van der Waals surface area contributed by atoms with E-state index >= 15 is 0 Å². The fraction of sp³-hybridized carbons (Fsp3) is 0.312. The van der Waals surface area contributed by atoms with Gasteiger partial charge in [-0.25, -0.2) is 4.99 Å². The molecule has 1 heterocycles. The van der Waals surface area contributed by atoms with E-state index in [1.807, 2.05) is 24.3 Å². The van der Waals surface area contributed by atoms with Crippen molar-refractivity contribution in [3.8, 4) is 0 Å². The summed E-state index contributed by atoms with van der Waals surface area (Å²) in [5.41, 5.74) is 8.12. The zero-order valence-electron chi connectivity index (χ0n) is 12.4. The van der Waals surface area contributed by atoms with Crippen molar-refractivity contribution in [3.63, 3.8) is 0 Å². The SMILES string of the molecule is CCC(C)c1ccc(NC(N)=NCc2ccco2)cc1.I. The second kappa shape index (κ2) is 8.71. The average molecular weight is 399 g/mol. The zero-order valence-corrected chi connectivity index (χ0v) is 14.7. The van der Waals surface area contributed by atoms with Gasteiger partial charge in [0, 0.05) is 5.69 Å². The van der Waals surface area contributed by atoms with Crippen LogP contribution in [0.2, 0.25) is 0 Å². The molecule has 2 aromatic rings. The summed E-state index contributed by atoms with van der Waals surface area (Å²) >= 11 is 0. The number of halogens is 1. The number of hydrogen-bond donors (Lipinski definition) is 2. The van der Waals surface area contributed by atoms with Gasteiger partial charge in [-0.05, 0) is 42.2 Å². The summed E-state index contributed by atoms with van der Waals surface area (Å²) in [6.45, 7) is 4.86. The van der Waals surface area contributed by atoms with Gasteiger partial charge in [-0.15, -0.1) is 24.0 Å². The monoisotopic (exact) mass is 399 g/mol. The third-order valence-corrected chi connectivity index (χ3v) is 3.35. The van der Waals surface area contributed by atoms with E-state index in [0.29, 0.717) is 18.4 Å². The Morgan fingerprint density at radius 1 is 1.29 bits per heavy atom. The highest BCUT2D eigenvalue weighted by atomic mass is 127. The molecule has 114 valence electrons. The van der Waals surface area contributed by atoms with Gasteiger partial charge < -0.3 is 15.5 Å². The largest absolute Gasteiger partial charge is 0.467 e. The molecular formula is C16H22IN3O. The van der Waals surface area contributed by atoms with Crippen LogP contribution >= 0.6 is 24.0 Å². The molecule has 1 unspecified atom stereocenters. The molecule has 0 bridgehead atoms. The molecule has 1 atom stereocenters. The molecule has 4 nitrogen and oxygen atoms in total. The highest BCUT2D eigenvalue weighted by molar-refractivity contribution is 14.0. The van der Waals surface area contributed by atoms with Crippen molar-refractivity contribution in [1.29, 1.82) is 0 Å². The first-order valence-corrected chi connectivity index (χ1v) is 6.88. The Morgan fingerprint density at radius 3 is 2.57 bits per heavy atom. The standard InChI is InChI=1S/C16H21N3O.HI/c1-3-12(2)13-6-8-14(9-7-13)19-16(17)18-11-15-5-4-10-20-15;/h4-10,12H,3,11H2,1-2H3,(H3,17,18,19);1H. The topological polar surface area (TPSA) is 63.5 Å². The second-order valence-corrected chi connectivity index (χ2v) is 4.84. The maximum atomic E-state index is 5.84. The fourth-order valence-electron chi connectivity index (χ4n) is 1.88. The van der Waals surface area contributed by atoms with Gasteiger partial charge in [0.05, 0.1) is 6.26 Å². The van der Waals surface area contributed by atoms with Crippen LogP contribution < -0.4 is 11.1 Å². The number of aliphatic imine (C=N–C) groups is 1. The number of guanidine groups is 1. The van der Waals surface area contributed by atoms with Crippen LogP contribution in [0.5, 0.6) is 0 Å². The van der Waals surface area contributed by atoms with Crippen LogP contribution in [0.3, 0.4) is 0 Å². The first-order chi connectivity index (χ1) is 9.69. The Hall–Kier alpha value is -1.50. The third kappa shape index (κ3) is 5.41. The minimum atomic E-state index is 0.